The van der Waals surface area contributed by atoms with Crippen LogP contribution in [0.3, 0.4) is 0 Å². The molecule has 0 saturated heterocycles. The lowest BCUT2D eigenvalue weighted by Crippen LogP contribution is -2.11. The van der Waals surface area contributed by atoms with Crippen LogP contribution in [0.2, 0.25) is 0 Å². The SMILES string of the molecule is [O-][S+](CCCF)CCCF. The average molecular weight is 170 g/mol. The molecule has 0 aliphatic rings. The van der Waals surface area contributed by atoms with Crippen LogP contribution in [0.4, 0.5) is 8.78 Å². The van der Waals surface area contributed by atoms with Gasteiger partial charge < -0.3 is 4.55 Å². The zero-order chi connectivity index (χ0) is 7.82. The van der Waals surface area contributed by atoms with Crippen LogP contribution in [0.25, 0.3) is 0 Å². The van der Waals surface area contributed by atoms with Gasteiger partial charge in [-0.3, -0.25) is 8.78 Å². The van der Waals surface area contributed by atoms with Crippen LogP contribution >= 0.6 is 0 Å². The molecule has 62 valence electrons. The molecule has 0 bridgehead atoms. The van der Waals surface area contributed by atoms with Crippen LogP contribution in [-0.4, -0.2) is 29.4 Å². The van der Waals surface area contributed by atoms with E-state index < -0.39 is 24.5 Å². The van der Waals surface area contributed by atoms with Crippen molar-refractivity contribution in [2.45, 2.75) is 12.8 Å². The minimum atomic E-state index is -1.000. The normalized spacial score (nSPS) is 10.8. The van der Waals surface area contributed by atoms with Crippen molar-refractivity contribution in [2.75, 3.05) is 24.9 Å². The summed E-state index contributed by atoms with van der Waals surface area (Å²) in [6.07, 6.45) is 0.664. The molecule has 0 radical (unpaired) electrons. The highest BCUT2D eigenvalue weighted by molar-refractivity contribution is 7.91. The fraction of sp³-hybridized carbons (Fsp3) is 1.00. The molecular formula is C6H12F2OS. The Bertz CT molecular complexity index is 64.8. The first-order valence-corrected chi connectivity index (χ1v) is 4.77. The predicted molar refractivity (Wildman–Crippen MR) is 39.1 cm³/mol. The topological polar surface area (TPSA) is 23.1 Å². The van der Waals surface area contributed by atoms with E-state index in [1.807, 2.05) is 0 Å². The van der Waals surface area contributed by atoms with Crippen LogP contribution in [0.5, 0.6) is 0 Å². The van der Waals surface area contributed by atoms with Crippen molar-refractivity contribution < 1.29 is 13.3 Å². The predicted octanol–water partition coefficient (Wildman–Crippen LogP) is 1.45. The molecule has 10 heavy (non-hydrogen) atoms. The first kappa shape index (κ1) is 10.2. The van der Waals surface area contributed by atoms with E-state index in [9.17, 15) is 13.3 Å². The molecular weight excluding hydrogens is 158 g/mol. The van der Waals surface area contributed by atoms with Gasteiger partial charge in [-0.15, -0.1) is 0 Å². The lowest BCUT2D eigenvalue weighted by atomic mass is 10.5. The Morgan fingerprint density at radius 3 is 1.70 bits per heavy atom. The molecule has 4 heteroatoms. The zero-order valence-corrected chi connectivity index (χ0v) is 6.63. The third-order valence-corrected chi connectivity index (χ3v) is 2.50. The Morgan fingerprint density at radius 1 is 1.00 bits per heavy atom. The molecule has 0 atom stereocenters. The van der Waals surface area contributed by atoms with E-state index in [4.69, 9.17) is 0 Å². The van der Waals surface area contributed by atoms with Crippen LogP contribution in [0, 0.1) is 0 Å². The van der Waals surface area contributed by atoms with Gasteiger partial charge in [0, 0.05) is 12.8 Å². The molecule has 0 fully saturated rings. The van der Waals surface area contributed by atoms with E-state index in [2.05, 4.69) is 0 Å². The summed E-state index contributed by atoms with van der Waals surface area (Å²) in [4.78, 5) is 0. The largest absolute Gasteiger partial charge is 0.616 e. The Kier molecular flexibility index (Phi) is 7.40. The van der Waals surface area contributed by atoms with Gasteiger partial charge in [0.05, 0.1) is 13.3 Å². The molecule has 0 amide bonds. The molecule has 1 nitrogen and oxygen atoms in total. The van der Waals surface area contributed by atoms with Gasteiger partial charge in [0.1, 0.15) is 11.5 Å². The zero-order valence-electron chi connectivity index (χ0n) is 5.82. The standard InChI is InChI=1S/C6H12F2OS/c7-3-1-5-10(9)6-2-4-8/h1-6H2. The molecule has 0 unspecified atom stereocenters. The number of hydrogen-bond acceptors (Lipinski definition) is 1. The molecule has 0 saturated carbocycles. The number of rotatable bonds is 6. The van der Waals surface area contributed by atoms with Crippen LogP contribution in [0.15, 0.2) is 0 Å². The van der Waals surface area contributed by atoms with Crippen LogP contribution in [-0.2, 0) is 11.2 Å². The van der Waals surface area contributed by atoms with Gasteiger partial charge in [-0.2, -0.15) is 0 Å². The van der Waals surface area contributed by atoms with Crippen LogP contribution < -0.4 is 0 Å². The van der Waals surface area contributed by atoms with E-state index in [0.29, 0.717) is 24.3 Å². The molecule has 0 spiro atoms. The summed E-state index contributed by atoms with van der Waals surface area (Å²) >= 11 is -1.000. The molecule has 0 aliphatic carbocycles. The van der Waals surface area contributed by atoms with Crippen molar-refractivity contribution in [1.82, 2.24) is 0 Å². The molecule has 0 heterocycles. The lowest BCUT2D eigenvalue weighted by molar-refractivity contribution is 0.477. The maximum atomic E-state index is 11.5. The molecule has 0 N–H and O–H groups in total. The Labute approximate surface area is 63.0 Å². The fourth-order valence-electron chi connectivity index (χ4n) is 0.533. The molecule has 0 aliphatic heterocycles. The Morgan fingerprint density at radius 2 is 1.40 bits per heavy atom. The monoisotopic (exact) mass is 170 g/mol. The van der Waals surface area contributed by atoms with Crippen molar-refractivity contribution in [2.24, 2.45) is 0 Å². The third-order valence-electron chi connectivity index (χ3n) is 1.01. The highest BCUT2D eigenvalue weighted by Gasteiger charge is 2.03. The summed E-state index contributed by atoms with van der Waals surface area (Å²) in [6, 6.07) is 0. The molecule has 0 rings (SSSR count). The smallest absolute Gasteiger partial charge is 0.108 e. The summed E-state index contributed by atoms with van der Waals surface area (Å²) in [5, 5.41) is 0. The number of hydrogen-bond donors (Lipinski definition) is 0. The minimum Gasteiger partial charge on any atom is -0.616 e. The van der Waals surface area contributed by atoms with Gasteiger partial charge in [-0.05, 0) is 0 Å². The van der Waals surface area contributed by atoms with E-state index >= 15 is 0 Å². The van der Waals surface area contributed by atoms with Crippen molar-refractivity contribution in [3.63, 3.8) is 0 Å². The van der Waals surface area contributed by atoms with E-state index in [0.717, 1.165) is 0 Å². The highest BCUT2D eigenvalue weighted by Crippen LogP contribution is 1.97. The quantitative estimate of drug-likeness (QED) is 0.553. The molecule has 0 aromatic carbocycles. The summed E-state index contributed by atoms with van der Waals surface area (Å²) < 4.78 is 33.7. The van der Waals surface area contributed by atoms with E-state index in [1.165, 1.54) is 0 Å². The van der Waals surface area contributed by atoms with Gasteiger partial charge in [0.2, 0.25) is 0 Å². The van der Waals surface area contributed by atoms with E-state index in [1.54, 1.807) is 0 Å². The second-order valence-electron chi connectivity index (χ2n) is 1.93. The van der Waals surface area contributed by atoms with Gasteiger partial charge in [0.15, 0.2) is 0 Å². The highest BCUT2D eigenvalue weighted by atomic mass is 32.2. The summed E-state index contributed by atoms with van der Waals surface area (Å²) in [7, 11) is 0. The van der Waals surface area contributed by atoms with Gasteiger partial charge in [-0.25, -0.2) is 0 Å². The second-order valence-corrected chi connectivity index (χ2v) is 3.63. The summed E-state index contributed by atoms with van der Waals surface area (Å²) in [5.74, 6) is 0.743. The fourth-order valence-corrected chi connectivity index (χ4v) is 1.60. The Balaban J connectivity index is 3.00. The van der Waals surface area contributed by atoms with Gasteiger partial charge in [0.25, 0.3) is 0 Å². The van der Waals surface area contributed by atoms with Crippen molar-refractivity contribution in [3.8, 4) is 0 Å². The maximum absolute atomic E-state index is 11.5. The second kappa shape index (κ2) is 7.28. The van der Waals surface area contributed by atoms with Crippen molar-refractivity contribution in [3.05, 3.63) is 0 Å². The van der Waals surface area contributed by atoms with Gasteiger partial charge >= 0.3 is 0 Å². The summed E-state index contributed by atoms with van der Waals surface area (Å²) in [5.41, 5.74) is 0. The van der Waals surface area contributed by atoms with Crippen LogP contribution in [0.1, 0.15) is 12.8 Å². The van der Waals surface area contributed by atoms with Gasteiger partial charge in [-0.1, -0.05) is 11.2 Å². The van der Waals surface area contributed by atoms with Crippen molar-refractivity contribution >= 4 is 11.2 Å². The third kappa shape index (κ3) is 6.29. The van der Waals surface area contributed by atoms with E-state index in [-0.39, 0.29) is 0 Å². The lowest BCUT2D eigenvalue weighted by Gasteiger charge is -2.07. The van der Waals surface area contributed by atoms with Crippen molar-refractivity contribution in [1.29, 1.82) is 0 Å². The molecule has 0 aromatic heterocycles. The summed E-state index contributed by atoms with van der Waals surface area (Å²) in [6.45, 7) is -0.858. The number of halogens is 2. The molecule has 0 aromatic rings. The maximum Gasteiger partial charge on any atom is 0.108 e. The average Bonchev–Trinajstić information content (AvgIpc) is 1.97. The Hall–Kier alpha value is 0.170. The minimum absolute atomic E-state index is 0.332. The first-order chi connectivity index (χ1) is 4.81. The number of alkyl halides is 2. The first-order valence-electron chi connectivity index (χ1n) is 3.28.